The topological polar surface area (TPSA) is 17.8 Å². The van der Waals surface area contributed by atoms with Crippen LogP contribution in [0.4, 0.5) is 0 Å². The van der Waals surface area contributed by atoms with Crippen molar-refractivity contribution in [2.45, 2.75) is 18.8 Å². The zero-order valence-electron chi connectivity index (χ0n) is 8.23. The van der Waals surface area contributed by atoms with Crippen LogP contribution in [0.5, 0.6) is 0 Å². The molecule has 0 amide bonds. The maximum atomic E-state index is 5.86. The second-order valence-corrected chi connectivity index (χ2v) is 4.36. The molecule has 0 N–H and O–H groups in total. The summed E-state index contributed by atoms with van der Waals surface area (Å²) in [6.07, 6.45) is 4.45. The molecule has 3 heteroatoms. The molecule has 0 unspecified atom stereocenters. The standard InChI is InChI=1S/C12H11ClN2/c13-10-3-5-11(6-4-10)15-12(7-8-14-15)9-1-2-9/h3-9H,1-2H2. The first-order chi connectivity index (χ1) is 7.34. The molecule has 76 valence electrons. The number of aromatic nitrogens is 2. The molecule has 3 rings (SSSR count). The van der Waals surface area contributed by atoms with Crippen molar-refractivity contribution in [3.05, 3.63) is 47.2 Å². The molecule has 0 aliphatic heterocycles. The Labute approximate surface area is 93.5 Å². The molecule has 1 aromatic heterocycles. The third kappa shape index (κ3) is 1.65. The molecule has 1 heterocycles. The Kier molecular flexibility index (Phi) is 2.03. The predicted molar refractivity (Wildman–Crippen MR) is 60.5 cm³/mol. The van der Waals surface area contributed by atoms with Gasteiger partial charge in [-0.1, -0.05) is 11.6 Å². The smallest absolute Gasteiger partial charge is 0.0649 e. The minimum Gasteiger partial charge on any atom is -0.238 e. The average Bonchev–Trinajstić information content (AvgIpc) is 2.98. The molecular weight excluding hydrogens is 208 g/mol. The lowest BCUT2D eigenvalue weighted by Crippen LogP contribution is -2.00. The van der Waals surface area contributed by atoms with Crippen LogP contribution in [0.3, 0.4) is 0 Å². The number of halogens is 1. The molecular formula is C12H11ClN2. The molecule has 2 nitrogen and oxygen atoms in total. The van der Waals surface area contributed by atoms with Gasteiger partial charge in [0.2, 0.25) is 0 Å². The van der Waals surface area contributed by atoms with Gasteiger partial charge < -0.3 is 0 Å². The first-order valence-electron chi connectivity index (χ1n) is 5.14. The fraction of sp³-hybridized carbons (Fsp3) is 0.250. The summed E-state index contributed by atoms with van der Waals surface area (Å²) in [6, 6.07) is 9.90. The number of hydrogen-bond acceptors (Lipinski definition) is 1. The summed E-state index contributed by atoms with van der Waals surface area (Å²) in [7, 11) is 0. The van der Waals surface area contributed by atoms with Gasteiger partial charge in [-0.05, 0) is 43.2 Å². The van der Waals surface area contributed by atoms with Crippen LogP contribution >= 0.6 is 11.6 Å². The lowest BCUT2D eigenvalue weighted by molar-refractivity contribution is 0.808. The third-order valence-corrected chi connectivity index (χ3v) is 2.99. The summed E-state index contributed by atoms with van der Waals surface area (Å²) in [4.78, 5) is 0. The number of hydrogen-bond donors (Lipinski definition) is 0. The summed E-state index contributed by atoms with van der Waals surface area (Å²) in [5, 5.41) is 5.11. The second kappa shape index (κ2) is 3.38. The van der Waals surface area contributed by atoms with Gasteiger partial charge in [-0.2, -0.15) is 5.10 Å². The van der Waals surface area contributed by atoms with Crippen molar-refractivity contribution in [2.75, 3.05) is 0 Å². The Morgan fingerprint density at radius 2 is 1.87 bits per heavy atom. The molecule has 1 aromatic carbocycles. The van der Waals surface area contributed by atoms with E-state index in [4.69, 9.17) is 11.6 Å². The molecule has 1 saturated carbocycles. The number of rotatable bonds is 2. The Hall–Kier alpha value is -1.28. The van der Waals surface area contributed by atoms with E-state index in [9.17, 15) is 0 Å². The van der Waals surface area contributed by atoms with Crippen molar-refractivity contribution in [1.82, 2.24) is 9.78 Å². The van der Waals surface area contributed by atoms with Crippen LogP contribution in [0.2, 0.25) is 5.02 Å². The van der Waals surface area contributed by atoms with E-state index < -0.39 is 0 Å². The molecule has 0 radical (unpaired) electrons. The summed E-state index contributed by atoms with van der Waals surface area (Å²) in [6.45, 7) is 0. The lowest BCUT2D eigenvalue weighted by Gasteiger charge is -2.06. The summed E-state index contributed by atoms with van der Waals surface area (Å²) in [5.74, 6) is 0.711. The summed E-state index contributed by atoms with van der Waals surface area (Å²) in [5.41, 5.74) is 2.41. The Morgan fingerprint density at radius 1 is 1.13 bits per heavy atom. The SMILES string of the molecule is Clc1ccc(-n2nccc2C2CC2)cc1. The van der Waals surface area contributed by atoms with Crippen LogP contribution in [-0.4, -0.2) is 9.78 Å². The Balaban J connectivity index is 2.04. The van der Waals surface area contributed by atoms with E-state index in [1.807, 2.05) is 35.1 Å². The molecule has 0 bridgehead atoms. The van der Waals surface area contributed by atoms with Crippen molar-refractivity contribution in [3.63, 3.8) is 0 Å². The van der Waals surface area contributed by atoms with Gasteiger partial charge in [0, 0.05) is 22.8 Å². The molecule has 1 fully saturated rings. The monoisotopic (exact) mass is 218 g/mol. The normalized spacial score (nSPS) is 15.5. The van der Waals surface area contributed by atoms with Gasteiger partial charge in [0.25, 0.3) is 0 Å². The zero-order chi connectivity index (χ0) is 10.3. The maximum absolute atomic E-state index is 5.86. The summed E-state index contributed by atoms with van der Waals surface area (Å²) >= 11 is 5.86. The number of nitrogens with zero attached hydrogens (tertiary/aromatic N) is 2. The van der Waals surface area contributed by atoms with Crippen LogP contribution in [0, 0.1) is 0 Å². The lowest BCUT2D eigenvalue weighted by atomic mass is 10.2. The minimum atomic E-state index is 0.711. The molecule has 1 aliphatic rings. The van der Waals surface area contributed by atoms with Crippen LogP contribution in [0.25, 0.3) is 5.69 Å². The minimum absolute atomic E-state index is 0.711. The van der Waals surface area contributed by atoms with Gasteiger partial charge >= 0.3 is 0 Å². The second-order valence-electron chi connectivity index (χ2n) is 3.92. The van der Waals surface area contributed by atoms with Crippen LogP contribution in [0.1, 0.15) is 24.5 Å². The van der Waals surface area contributed by atoms with E-state index in [1.54, 1.807) is 0 Å². The highest BCUT2D eigenvalue weighted by atomic mass is 35.5. The highest BCUT2D eigenvalue weighted by molar-refractivity contribution is 6.30. The van der Waals surface area contributed by atoms with E-state index in [2.05, 4.69) is 11.2 Å². The van der Waals surface area contributed by atoms with Crippen molar-refractivity contribution in [1.29, 1.82) is 0 Å². The van der Waals surface area contributed by atoms with Crippen LogP contribution < -0.4 is 0 Å². The average molecular weight is 219 g/mol. The van der Waals surface area contributed by atoms with Gasteiger partial charge in [0.05, 0.1) is 5.69 Å². The van der Waals surface area contributed by atoms with Crippen LogP contribution in [0.15, 0.2) is 36.5 Å². The van der Waals surface area contributed by atoms with Gasteiger partial charge in [0.1, 0.15) is 0 Å². The molecule has 0 atom stereocenters. The highest BCUT2D eigenvalue weighted by Crippen LogP contribution is 2.40. The quantitative estimate of drug-likeness (QED) is 0.756. The van der Waals surface area contributed by atoms with E-state index in [1.165, 1.54) is 18.5 Å². The fourth-order valence-corrected chi connectivity index (χ4v) is 1.93. The molecule has 0 spiro atoms. The van der Waals surface area contributed by atoms with Gasteiger partial charge in [-0.15, -0.1) is 0 Å². The van der Waals surface area contributed by atoms with Crippen molar-refractivity contribution in [3.8, 4) is 5.69 Å². The first-order valence-corrected chi connectivity index (χ1v) is 5.52. The van der Waals surface area contributed by atoms with E-state index >= 15 is 0 Å². The zero-order valence-corrected chi connectivity index (χ0v) is 8.98. The fourth-order valence-electron chi connectivity index (χ4n) is 1.80. The predicted octanol–water partition coefficient (Wildman–Crippen LogP) is 3.40. The van der Waals surface area contributed by atoms with E-state index in [0.29, 0.717) is 5.92 Å². The molecule has 2 aromatic rings. The van der Waals surface area contributed by atoms with Crippen LogP contribution in [-0.2, 0) is 0 Å². The van der Waals surface area contributed by atoms with Gasteiger partial charge in [-0.25, -0.2) is 4.68 Å². The first kappa shape index (κ1) is 8.98. The summed E-state index contributed by atoms with van der Waals surface area (Å²) < 4.78 is 2.01. The number of benzene rings is 1. The van der Waals surface area contributed by atoms with E-state index in [0.717, 1.165) is 10.7 Å². The van der Waals surface area contributed by atoms with E-state index in [-0.39, 0.29) is 0 Å². The Morgan fingerprint density at radius 3 is 2.53 bits per heavy atom. The van der Waals surface area contributed by atoms with Gasteiger partial charge in [-0.3, -0.25) is 0 Å². The van der Waals surface area contributed by atoms with Crippen molar-refractivity contribution >= 4 is 11.6 Å². The Bertz CT molecular complexity index is 469. The largest absolute Gasteiger partial charge is 0.238 e. The van der Waals surface area contributed by atoms with Crippen molar-refractivity contribution in [2.24, 2.45) is 0 Å². The highest BCUT2D eigenvalue weighted by Gasteiger charge is 2.27. The molecule has 15 heavy (non-hydrogen) atoms. The molecule has 0 saturated heterocycles. The van der Waals surface area contributed by atoms with Crippen molar-refractivity contribution < 1.29 is 0 Å². The third-order valence-electron chi connectivity index (χ3n) is 2.74. The maximum Gasteiger partial charge on any atom is 0.0649 e. The van der Waals surface area contributed by atoms with Gasteiger partial charge in [0.15, 0.2) is 0 Å². The molecule has 1 aliphatic carbocycles.